The summed E-state index contributed by atoms with van der Waals surface area (Å²) in [5.41, 5.74) is 0. The molecule has 1 aromatic rings. The van der Waals surface area contributed by atoms with E-state index in [1.54, 1.807) is 13.1 Å². The SMILES string of the molecule is Cc1sc(Br)cc1S(=O)(=O)N(C)CC(C)Br. The molecule has 1 atom stereocenters. The number of alkyl halides is 1. The lowest BCUT2D eigenvalue weighted by Gasteiger charge is -2.18. The fourth-order valence-corrected chi connectivity index (χ4v) is 5.57. The highest BCUT2D eigenvalue weighted by Crippen LogP contribution is 2.31. The van der Waals surface area contributed by atoms with Crippen molar-refractivity contribution in [2.75, 3.05) is 13.6 Å². The summed E-state index contributed by atoms with van der Waals surface area (Å²) in [5.74, 6) is 0. The van der Waals surface area contributed by atoms with Crippen LogP contribution in [0.2, 0.25) is 0 Å². The molecule has 0 N–H and O–H groups in total. The van der Waals surface area contributed by atoms with E-state index in [4.69, 9.17) is 0 Å². The standard InChI is InChI=1S/C9H13Br2NO2S2/c1-6(10)5-12(3)16(13,14)8-4-9(11)15-7(8)2/h4,6H,5H2,1-3H3. The van der Waals surface area contributed by atoms with Gasteiger partial charge in [0.25, 0.3) is 0 Å². The second-order valence-corrected chi connectivity index (χ2v) is 9.75. The third-order valence-electron chi connectivity index (χ3n) is 2.04. The maximum absolute atomic E-state index is 12.2. The van der Waals surface area contributed by atoms with Crippen LogP contribution in [-0.2, 0) is 10.0 Å². The predicted molar refractivity (Wildman–Crippen MR) is 75.0 cm³/mol. The van der Waals surface area contributed by atoms with Gasteiger partial charge in [-0.15, -0.1) is 11.3 Å². The molecule has 1 heterocycles. The van der Waals surface area contributed by atoms with Crippen molar-refractivity contribution >= 4 is 53.2 Å². The summed E-state index contributed by atoms with van der Waals surface area (Å²) < 4.78 is 26.6. The largest absolute Gasteiger partial charge is 0.243 e. The van der Waals surface area contributed by atoms with E-state index < -0.39 is 10.0 Å². The van der Waals surface area contributed by atoms with E-state index >= 15 is 0 Å². The average Bonchev–Trinajstić information content (AvgIpc) is 2.44. The van der Waals surface area contributed by atoms with Gasteiger partial charge in [0.15, 0.2) is 0 Å². The van der Waals surface area contributed by atoms with Gasteiger partial charge in [0.2, 0.25) is 10.0 Å². The number of halogens is 2. The first-order valence-corrected chi connectivity index (χ1v) is 8.58. The Hall–Kier alpha value is 0.570. The Morgan fingerprint density at radius 3 is 2.50 bits per heavy atom. The molecule has 3 nitrogen and oxygen atoms in total. The summed E-state index contributed by atoms with van der Waals surface area (Å²) in [6.07, 6.45) is 0. The smallest absolute Gasteiger partial charge is 0.207 e. The average molecular weight is 391 g/mol. The first-order chi connectivity index (χ1) is 7.25. The number of sulfonamides is 1. The van der Waals surface area contributed by atoms with E-state index in [1.807, 2.05) is 13.8 Å². The van der Waals surface area contributed by atoms with Crippen molar-refractivity contribution in [2.45, 2.75) is 23.6 Å². The summed E-state index contributed by atoms with van der Waals surface area (Å²) in [5, 5.41) is 0. The Labute approximate surface area is 117 Å². The summed E-state index contributed by atoms with van der Waals surface area (Å²) >= 11 is 8.08. The van der Waals surface area contributed by atoms with Crippen LogP contribution >= 0.6 is 43.2 Å². The Balaban J connectivity index is 3.07. The molecule has 0 aromatic carbocycles. The molecule has 1 unspecified atom stereocenters. The Kier molecular flexibility index (Phi) is 5.01. The fraction of sp³-hybridized carbons (Fsp3) is 0.556. The van der Waals surface area contributed by atoms with Crippen LogP contribution in [0, 0.1) is 6.92 Å². The third kappa shape index (κ3) is 3.29. The Morgan fingerprint density at radius 1 is 1.56 bits per heavy atom. The van der Waals surface area contributed by atoms with Crippen molar-refractivity contribution in [3.63, 3.8) is 0 Å². The van der Waals surface area contributed by atoms with Crippen LogP contribution in [0.5, 0.6) is 0 Å². The van der Waals surface area contributed by atoms with Crippen LogP contribution in [0.1, 0.15) is 11.8 Å². The van der Waals surface area contributed by atoms with E-state index in [-0.39, 0.29) is 4.83 Å². The molecule has 7 heteroatoms. The van der Waals surface area contributed by atoms with Crippen LogP contribution in [0.15, 0.2) is 14.7 Å². The molecular formula is C9H13Br2NO2S2. The van der Waals surface area contributed by atoms with Gasteiger partial charge in [-0.2, -0.15) is 4.31 Å². The zero-order valence-corrected chi connectivity index (χ0v) is 14.0. The Morgan fingerprint density at radius 2 is 2.12 bits per heavy atom. The normalized spacial score (nSPS) is 14.4. The second-order valence-electron chi connectivity index (χ2n) is 3.54. The van der Waals surface area contributed by atoms with E-state index in [1.165, 1.54) is 15.6 Å². The molecule has 1 rings (SSSR count). The van der Waals surface area contributed by atoms with Crippen LogP contribution in [0.4, 0.5) is 0 Å². The first kappa shape index (κ1) is 14.6. The van der Waals surface area contributed by atoms with Gasteiger partial charge in [-0.05, 0) is 28.9 Å². The van der Waals surface area contributed by atoms with Gasteiger partial charge in [-0.3, -0.25) is 0 Å². The number of hydrogen-bond acceptors (Lipinski definition) is 3. The molecule has 0 spiro atoms. The maximum atomic E-state index is 12.2. The summed E-state index contributed by atoms with van der Waals surface area (Å²) in [7, 11) is -1.76. The number of rotatable bonds is 4. The van der Waals surface area contributed by atoms with Crippen LogP contribution in [0.25, 0.3) is 0 Å². The van der Waals surface area contributed by atoms with Crippen molar-refractivity contribution in [1.82, 2.24) is 4.31 Å². The molecule has 1 aromatic heterocycles. The van der Waals surface area contributed by atoms with Gasteiger partial charge < -0.3 is 0 Å². The van der Waals surface area contributed by atoms with Crippen molar-refractivity contribution in [2.24, 2.45) is 0 Å². The molecule has 0 aliphatic rings. The highest BCUT2D eigenvalue weighted by molar-refractivity contribution is 9.11. The molecule has 0 amide bonds. The fourth-order valence-electron chi connectivity index (χ4n) is 1.31. The van der Waals surface area contributed by atoms with Crippen molar-refractivity contribution in [3.05, 3.63) is 14.7 Å². The maximum Gasteiger partial charge on any atom is 0.243 e. The van der Waals surface area contributed by atoms with Gasteiger partial charge in [-0.1, -0.05) is 22.9 Å². The number of thiophene rings is 1. The van der Waals surface area contributed by atoms with Crippen LogP contribution < -0.4 is 0 Å². The summed E-state index contributed by atoms with van der Waals surface area (Å²) in [6.45, 7) is 4.19. The van der Waals surface area contributed by atoms with Crippen molar-refractivity contribution < 1.29 is 8.42 Å². The summed E-state index contributed by atoms with van der Waals surface area (Å²) in [6, 6.07) is 1.66. The summed E-state index contributed by atoms with van der Waals surface area (Å²) in [4.78, 5) is 1.33. The van der Waals surface area contributed by atoms with Gasteiger partial charge in [0.05, 0.1) is 8.68 Å². The molecule has 0 saturated carbocycles. The minimum absolute atomic E-state index is 0.134. The zero-order chi connectivity index (χ0) is 12.5. The quantitative estimate of drug-likeness (QED) is 0.740. The number of aryl methyl sites for hydroxylation is 1. The second kappa shape index (κ2) is 5.48. The molecule has 0 aliphatic carbocycles. The molecular weight excluding hydrogens is 378 g/mol. The molecule has 92 valence electrons. The van der Waals surface area contributed by atoms with Gasteiger partial charge in [0, 0.05) is 23.3 Å². The molecule has 16 heavy (non-hydrogen) atoms. The van der Waals surface area contributed by atoms with Gasteiger partial charge in [-0.25, -0.2) is 8.42 Å². The molecule has 0 aliphatic heterocycles. The minimum atomic E-state index is -3.36. The molecule has 0 saturated heterocycles. The van der Waals surface area contributed by atoms with Gasteiger partial charge in [0.1, 0.15) is 0 Å². The highest BCUT2D eigenvalue weighted by Gasteiger charge is 2.25. The first-order valence-electron chi connectivity index (χ1n) is 4.61. The highest BCUT2D eigenvalue weighted by atomic mass is 79.9. The minimum Gasteiger partial charge on any atom is -0.207 e. The topological polar surface area (TPSA) is 37.4 Å². The lowest BCUT2D eigenvalue weighted by Crippen LogP contribution is -2.31. The van der Waals surface area contributed by atoms with E-state index in [9.17, 15) is 8.42 Å². The predicted octanol–water partition coefficient (Wildman–Crippen LogP) is 3.22. The van der Waals surface area contributed by atoms with Crippen molar-refractivity contribution in [1.29, 1.82) is 0 Å². The molecule has 0 fully saturated rings. The number of nitrogens with zero attached hydrogens (tertiary/aromatic N) is 1. The van der Waals surface area contributed by atoms with Crippen LogP contribution in [-0.4, -0.2) is 31.1 Å². The van der Waals surface area contributed by atoms with Crippen LogP contribution in [0.3, 0.4) is 0 Å². The van der Waals surface area contributed by atoms with Crippen molar-refractivity contribution in [3.8, 4) is 0 Å². The molecule has 0 radical (unpaired) electrons. The van der Waals surface area contributed by atoms with Gasteiger partial charge >= 0.3 is 0 Å². The van der Waals surface area contributed by atoms with E-state index in [2.05, 4.69) is 31.9 Å². The lowest BCUT2D eigenvalue weighted by molar-refractivity contribution is 0.473. The van der Waals surface area contributed by atoms with E-state index in [0.29, 0.717) is 11.4 Å². The lowest BCUT2D eigenvalue weighted by atomic mass is 10.5. The Bertz CT molecular complexity index is 468. The molecule has 0 bridgehead atoms. The van der Waals surface area contributed by atoms with E-state index in [0.717, 1.165) is 8.66 Å². The zero-order valence-electron chi connectivity index (χ0n) is 9.20. The monoisotopic (exact) mass is 389 g/mol. The third-order valence-corrected chi connectivity index (χ3v) is 5.96. The number of hydrogen-bond donors (Lipinski definition) is 0.